The van der Waals surface area contributed by atoms with Gasteiger partial charge in [-0.25, -0.2) is 4.79 Å². The van der Waals surface area contributed by atoms with Crippen LogP contribution in [0.3, 0.4) is 0 Å². The molecular weight excluding hydrogens is 354 g/mol. The summed E-state index contributed by atoms with van der Waals surface area (Å²) in [6.07, 6.45) is 1.97. The SMILES string of the molecule is C/N=C\OCC(Cc1ccc(OC)cc1)NC(=O)Nc1ccc(Cl)cc1. The van der Waals surface area contributed by atoms with Gasteiger partial charge in [-0.1, -0.05) is 23.7 Å². The highest BCUT2D eigenvalue weighted by atomic mass is 35.5. The van der Waals surface area contributed by atoms with E-state index in [0.717, 1.165) is 11.3 Å². The van der Waals surface area contributed by atoms with Crippen LogP contribution in [0.15, 0.2) is 53.5 Å². The molecule has 26 heavy (non-hydrogen) atoms. The first kappa shape index (κ1) is 19.6. The number of amides is 2. The van der Waals surface area contributed by atoms with Crippen LogP contribution in [0.1, 0.15) is 5.56 Å². The number of nitrogens with zero attached hydrogens (tertiary/aromatic N) is 1. The van der Waals surface area contributed by atoms with Gasteiger partial charge in [0, 0.05) is 17.8 Å². The summed E-state index contributed by atoms with van der Waals surface area (Å²) in [5.74, 6) is 0.785. The second-order valence-electron chi connectivity index (χ2n) is 5.55. The van der Waals surface area contributed by atoms with Gasteiger partial charge in [-0.3, -0.25) is 4.99 Å². The molecule has 0 bridgehead atoms. The van der Waals surface area contributed by atoms with Gasteiger partial charge in [0.2, 0.25) is 0 Å². The highest BCUT2D eigenvalue weighted by Gasteiger charge is 2.14. The highest BCUT2D eigenvalue weighted by molar-refractivity contribution is 6.30. The van der Waals surface area contributed by atoms with E-state index in [0.29, 0.717) is 23.7 Å². The van der Waals surface area contributed by atoms with E-state index in [9.17, 15) is 4.79 Å². The molecule has 6 nitrogen and oxygen atoms in total. The molecule has 2 aromatic carbocycles. The van der Waals surface area contributed by atoms with Gasteiger partial charge in [-0.15, -0.1) is 0 Å². The minimum atomic E-state index is -0.317. The first-order chi connectivity index (χ1) is 12.6. The largest absolute Gasteiger partial charge is 0.497 e. The predicted octanol–water partition coefficient (Wildman–Crippen LogP) is 3.76. The number of hydrogen-bond donors (Lipinski definition) is 2. The number of hydrogen-bond acceptors (Lipinski definition) is 4. The predicted molar refractivity (Wildman–Crippen MR) is 104 cm³/mol. The van der Waals surface area contributed by atoms with Gasteiger partial charge < -0.3 is 20.1 Å². The normalized spacial score (nSPS) is 11.8. The summed E-state index contributed by atoms with van der Waals surface area (Å²) >= 11 is 5.85. The summed E-state index contributed by atoms with van der Waals surface area (Å²) in [7, 11) is 3.25. The number of carbonyl (C=O) groups is 1. The van der Waals surface area contributed by atoms with E-state index in [1.54, 1.807) is 38.4 Å². The minimum Gasteiger partial charge on any atom is -0.497 e. The number of methoxy groups -OCH3 is 1. The van der Waals surface area contributed by atoms with Crippen LogP contribution in [-0.4, -0.2) is 39.2 Å². The standard InChI is InChI=1S/C19H22ClN3O3/c1-21-13-26-12-17(11-14-3-9-18(25-2)10-4-14)23-19(24)22-16-7-5-15(20)6-8-16/h3-10,13,17H,11-12H2,1-2H3,(H2,22,23,24)/b21-13-. The van der Waals surface area contributed by atoms with Crippen molar-refractivity contribution < 1.29 is 14.3 Å². The molecule has 2 N–H and O–H groups in total. The number of nitrogens with one attached hydrogen (secondary N) is 2. The summed E-state index contributed by atoms with van der Waals surface area (Å²) in [5.41, 5.74) is 1.71. The third-order valence-corrected chi connectivity index (χ3v) is 3.81. The maximum absolute atomic E-state index is 12.3. The van der Waals surface area contributed by atoms with Gasteiger partial charge in [0.05, 0.1) is 13.2 Å². The summed E-state index contributed by atoms with van der Waals surface area (Å²) < 4.78 is 10.5. The van der Waals surface area contributed by atoms with E-state index in [4.69, 9.17) is 21.1 Å². The number of anilines is 1. The molecule has 0 aromatic heterocycles. The van der Waals surface area contributed by atoms with Gasteiger partial charge in [-0.05, 0) is 48.4 Å². The molecule has 2 amide bonds. The average molecular weight is 376 g/mol. The molecule has 0 spiro atoms. The lowest BCUT2D eigenvalue weighted by atomic mass is 10.1. The maximum Gasteiger partial charge on any atom is 0.319 e. The summed E-state index contributed by atoms with van der Waals surface area (Å²) in [4.78, 5) is 16.1. The number of halogens is 1. The number of benzene rings is 2. The van der Waals surface area contributed by atoms with E-state index in [2.05, 4.69) is 15.6 Å². The Balaban J connectivity index is 1.97. The smallest absolute Gasteiger partial charge is 0.319 e. The number of aliphatic imine (C=N–C) groups is 1. The zero-order chi connectivity index (χ0) is 18.8. The molecule has 2 aromatic rings. The first-order valence-electron chi connectivity index (χ1n) is 8.09. The molecule has 0 fully saturated rings. The summed E-state index contributed by atoms with van der Waals surface area (Å²) in [6, 6.07) is 14.0. The molecule has 0 radical (unpaired) electrons. The molecule has 138 valence electrons. The molecule has 1 unspecified atom stereocenters. The summed E-state index contributed by atoms with van der Waals surface area (Å²) in [5, 5.41) is 6.30. The van der Waals surface area contributed by atoms with Crippen molar-refractivity contribution in [3.05, 3.63) is 59.1 Å². The van der Waals surface area contributed by atoms with Crippen molar-refractivity contribution in [1.29, 1.82) is 0 Å². The average Bonchev–Trinajstić information content (AvgIpc) is 2.64. The van der Waals surface area contributed by atoms with Crippen molar-refractivity contribution in [3.8, 4) is 5.75 Å². The number of rotatable bonds is 8. The topological polar surface area (TPSA) is 72.0 Å². The van der Waals surface area contributed by atoms with Crippen LogP contribution in [0, 0.1) is 0 Å². The lowest BCUT2D eigenvalue weighted by Gasteiger charge is -2.19. The second-order valence-corrected chi connectivity index (χ2v) is 5.99. The van der Waals surface area contributed by atoms with Crippen LogP contribution in [0.25, 0.3) is 0 Å². The molecular formula is C19H22ClN3O3. The van der Waals surface area contributed by atoms with E-state index in [-0.39, 0.29) is 12.1 Å². The van der Waals surface area contributed by atoms with E-state index < -0.39 is 0 Å². The highest BCUT2D eigenvalue weighted by Crippen LogP contribution is 2.14. The molecule has 0 aliphatic rings. The van der Waals surface area contributed by atoms with Crippen molar-refractivity contribution in [2.24, 2.45) is 4.99 Å². The Labute approximate surface area is 158 Å². The van der Waals surface area contributed by atoms with Crippen LogP contribution in [0.2, 0.25) is 5.02 Å². The number of carbonyl (C=O) groups excluding carboxylic acids is 1. The van der Waals surface area contributed by atoms with Gasteiger partial charge in [0.15, 0.2) is 6.40 Å². The summed E-state index contributed by atoms with van der Waals surface area (Å²) in [6.45, 7) is 0.303. The van der Waals surface area contributed by atoms with Gasteiger partial charge in [0.25, 0.3) is 0 Å². The van der Waals surface area contributed by atoms with Crippen LogP contribution in [0.5, 0.6) is 5.75 Å². The lowest BCUT2D eigenvalue weighted by molar-refractivity contribution is 0.232. The molecule has 0 saturated carbocycles. The zero-order valence-electron chi connectivity index (χ0n) is 14.7. The van der Waals surface area contributed by atoms with E-state index >= 15 is 0 Å². The lowest BCUT2D eigenvalue weighted by Crippen LogP contribution is -2.42. The molecule has 0 heterocycles. The third-order valence-electron chi connectivity index (χ3n) is 3.56. The molecule has 0 saturated heterocycles. The molecule has 2 rings (SSSR count). The maximum atomic E-state index is 12.3. The Morgan fingerprint density at radius 3 is 2.50 bits per heavy atom. The van der Waals surface area contributed by atoms with Crippen molar-refractivity contribution in [2.75, 3.05) is 26.1 Å². The molecule has 0 aliphatic heterocycles. The van der Waals surface area contributed by atoms with Gasteiger partial charge in [-0.2, -0.15) is 0 Å². The van der Waals surface area contributed by atoms with E-state index in [1.807, 2.05) is 24.3 Å². The fraction of sp³-hybridized carbons (Fsp3) is 0.263. The molecule has 0 aliphatic carbocycles. The quantitative estimate of drug-likeness (QED) is 0.545. The number of urea groups is 1. The minimum absolute atomic E-state index is 0.228. The van der Waals surface area contributed by atoms with Gasteiger partial charge in [0.1, 0.15) is 12.4 Å². The van der Waals surface area contributed by atoms with Gasteiger partial charge >= 0.3 is 6.03 Å². The van der Waals surface area contributed by atoms with Crippen LogP contribution in [-0.2, 0) is 11.2 Å². The van der Waals surface area contributed by atoms with Crippen LogP contribution < -0.4 is 15.4 Å². The Kier molecular flexibility index (Phi) is 7.76. The Bertz CT molecular complexity index is 718. The van der Waals surface area contributed by atoms with Crippen molar-refractivity contribution >= 4 is 29.7 Å². The van der Waals surface area contributed by atoms with Crippen molar-refractivity contribution in [2.45, 2.75) is 12.5 Å². The fourth-order valence-corrected chi connectivity index (χ4v) is 2.44. The Hall–Kier alpha value is -2.73. The van der Waals surface area contributed by atoms with Crippen LogP contribution in [0.4, 0.5) is 10.5 Å². The Morgan fingerprint density at radius 2 is 1.88 bits per heavy atom. The molecule has 1 atom stereocenters. The van der Waals surface area contributed by atoms with Crippen LogP contribution >= 0.6 is 11.6 Å². The van der Waals surface area contributed by atoms with Crippen molar-refractivity contribution in [1.82, 2.24) is 5.32 Å². The third kappa shape index (κ3) is 6.64. The fourth-order valence-electron chi connectivity index (χ4n) is 2.32. The van der Waals surface area contributed by atoms with E-state index in [1.165, 1.54) is 6.40 Å². The monoisotopic (exact) mass is 375 g/mol. The number of ether oxygens (including phenoxy) is 2. The first-order valence-corrected chi connectivity index (χ1v) is 8.46. The zero-order valence-corrected chi connectivity index (χ0v) is 15.5. The van der Waals surface area contributed by atoms with Crippen molar-refractivity contribution in [3.63, 3.8) is 0 Å². The molecule has 7 heteroatoms. The second kappa shape index (κ2) is 10.3. The Morgan fingerprint density at radius 1 is 1.19 bits per heavy atom.